The van der Waals surface area contributed by atoms with Crippen LogP contribution in [-0.2, 0) is 0 Å². The molecule has 4 rings (SSSR count). The van der Waals surface area contributed by atoms with Crippen LogP contribution in [0.4, 0.5) is 0 Å². The second-order valence-corrected chi connectivity index (χ2v) is 6.89. The summed E-state index contributed by atoms with van der Waals surface area (Å²) in [5, 5.41) is 11.1. The Hall–Kier alpha value is -2.44. The van der Waals surface area contributed by atoms with Gasteiger partial charge < -0.3 is 9.84 Å². The van der Waals surface area contributed by atoms with E-state index in [9.17, 15) is 4.79 Å². The summed E-state index contributed by atoms with van der Waals surface area (Å²) in [4.78, 5) is 14.8. The fourth-order valence-electron chi connectivity index (χ4n) is 2.98. The van der Waals surface area contributed by atoms with Gasteiger partial charge in [0, 0.05) is 31.3 Å². The fourth-order valence-corrected chi connectivity index (χ4v) is 3.68. The molecule has 1 aliphatic heterocycles. The van der Waals surface area contributed by atoms with E-state index in [0.29, 0.717) is 18.0 Å². The van der Waals surface area contributed by atoms with Crippen LogP contribution in [0.2, 0.25) is 0 Å². The second kappa shape index (κ2) is 7.21. The molecule has 1 amide bonds. The monoisotopic (exact) mass is 353 g/mol. The molecule has 1 aromatic carbocycles. The van der Waals surface area contributed by atoms with Gasteiger partial charge in [-0.2, -0.15) is 11.3 Å². The van der Waals surface area contributed by atoms with Gasteiger partial charge >= 0.3 is 0 Å². The number of amides is 1. The van der Waals surface area contributed by atoms with Crippen LogP contribution in [0.3, 0.4) is 0 Å². The molecule has 2 aromatic heterocycles. The summed E-state index contributed by atoms with van der Waals surface area (Å²) in [5.41, 5.74) is 2.48. The summed E-state index contributed by atoms with van der Waals surface area (Å²) in [6.07, 6.45) is 1.22. The van der Waals surface area contributed by atoms with Crippen LogP contribution in [0.1, 0.15) is 28.5 Å². The van der Waals surface area contributed by atoms with Gasteiger partial charge in [0.25, 0.3) is 5.91 Å². The number of carbonyl (C=O) groups excluding carboxylic acids is 1. The number of nitrogens with one attached hydrogen (secondary N) is 1. The first kappa shape index (κ1) is 16.1. The Morgan fingerprint density at radius 1 is 1.28 bits per heavy atom. The topological polar surface area (TPSA) is 58.4 Å². The molecule has 3 aromatic rings. The van der Waals surface area contributed by atoms with Gasteiger partial charge in [-0.1, -0.05) is 35.5 Å². The maximum atomic E-state index is 12.4. The summed E-state index contributed by atoms with van der Waals surface area (Å²) in [6.45, 7) is 2.74. The third-order valence-corrected chi connectivity index (χ3v) is 5.22. The molecule has 6 heteroatoms. The minimum Gasteiger partial charge on any atom is -0.355 e. The summed E-state index contributed by atoms with van der Waals surface area (Å²) in [7, 11) is 0. The van der Waals surface area contributed by atoms with Crippen molar-refractivity contribution >= 4 is 17.2 Å². The number of likely N-dealkylation sites (tertiary alicyclic amines) is 1. The van der Waals surface area contributed by atoms with Crippen LogP contribution >= 0.6 is 11.3 Å². The average molecular weight is 353 g/mol. The zero-order valence-electron chi connectivity index (χ0n) is 13.7. The normalized spacial score (nSPS) is 15.5. The Morgan fingerprint density at radius 2 is 2.12 bits per heavy atom. The van der Waals surface area contributed by atoms with E-state index >= 15 is 0 Å². The maximum absolute atomic E-state index is 12.4. The molecular weight excluding hydrogens is 334 g/mol. The largest absolute Gasteiger partial charge is 0.355 e. The SMILES string of the molecule is O=C(NC[C@@H](c1ccsc1)N1CCC1)c1cc(-c2ccccc2)on1. The Labute approximate surface area is 150 Å². The van der Waals surface area contributed by atoms with Gasteiger partial charge in [-0.25, -0.2) is 0 Å². The molecule has 0 unspecified atom stereocenters. The quantitative estimate of drug-likeness (QED) is 0.736. The van der Waals surface area contributed by atoms with E-state index in [4.69, 9.17) is 4.52 Å². The number of nitrogens with zero attached hydrogens (tertiary/aromatic N) is 2. The molecular formula is C19H19N3O2S. The van der Waals surface area contributed by atoms with E-state index in [-0.39, 0.29) is 11.9 Å². The molecule has 128 valence electrons. The van der Waals surface area contributed by atoms with Crippen molar-refractivity contribution in [1.82, 2.24) is 15.4 Å². The van der Waals surface area contributed by atoms with Gasteiger partial charge in [-0.05, 0) is 28.8 Å². The molecule has 3 heterocycles. The molecule has 0 saturated carbocycles. The molecule has 1 saturated heterocycles. The molecule has 1 N–H and O–H groups in total. The minimum atomic E-state index is -0.202. The van der Waals surface area contributed by atoms with Gasteiger partial charge in [0.15, 0.2) is 11.5 Å². The lowest BCUT2D eigenvalue weighted by Crippen LogP contribution is -2.45. The van der Waals surface area contributed by atoms with Crippen molar-refractivity contribution in [3.63, 3.8) is 0 Å². The molecule has 25 heavy (non-hydrogen) atoms. The van der Waals surface area contributed by atoms with Crippen LogP contribution in [0.5, 0.6) is 0 Å². The highest BCUT2D eigenvalue weighted by molar-refractivity contribution is 7.07. The summed E-state index contributed by atoms with van der Waals surface area (Å²) in [5.74, 6) is 0.398. The van der Waals surface area contributed by atoms with E-state index in [2.05, 4.69) is 32.2 Å². The average Bonchev–Trinajstić information content (AvgIpc) is 3.28. The number of hydrogen-bond acceptors (Lipinski definition) is 5. The summed E-state index contributed by atoms with van der Waals surface area (Å²) >= 11 is 1.68. The van der Waals surface area contributed by atoms with Gasteiger partial charge in [-0.3, -0.25) is 9.69 Å². The van der Waals surface area contributed by atoms with Crippen molar-refractivity contribution in [2.75, 3.05) is 19.6 Å². The lowest BCUT2D eigenvalue weighted by Gasteiger charge is -2.38. The molecule has 5 nitrogen and oxygen atoms in total. The van der Waals surface area contributed by atoms with Crippen molar-refractivity contribution in [3.8, 4) is 11.3 Å². The van der Waals surface area contributed by atoms with Gasteiger partial charge in [0.05, 0.1) is 6.04 Å². The first-order valence-corrected chi connectivity index (χ1v) is 9.32. The molecule has 1 fully saturated rings. The number of rotatable bonds is 6. The van der Waals surface area contributed by atoms with Crippen LogP contribution < -0.4 is 5.32 Å². The lowest BCUT2D eigenvalue weighted by atomic mass is 10.0. The van der Waals surface area contributed by atoms with Crippen LogP contribution in [0, 0.1) is 0 Å². The van der Waals surface area contributed by atoms with Gasteiger partial charge in [-0.15, -0.1) is 0 Å². The fraction of sp³-hybridized carbons (Fsp3) is 0.263. The second-order valence-electron chi connectivity index (χ2n) is 6.11. The standard InChI is InChI=1S/C19H19N3O2S/c23-19(16-11-18(24-21-16)14-5-2-1-3-6-14)20-12-17(22-8-4-9-22)15-7-10-25-13-15/h1-3,5-7,10-11,13,17H,4,8-9,12H2,(H,20,23)/t17-/m0/s1. The lowest BCUT2D eigenvalue weighted by molar-refractivity contribution is 0.0877. The number of benzene rings is 1. The third kappa shape index (κ3) is 3.50. The molecule has 0 radical (unpaired) electrons. The van der Waals surface area contributed by atoms with Gasteiger partial charge in [0.2, 0.25) is 0 Å². The van der Waals surface area contributed by atoms with E-state index < -0.39 is 0 Å². The smallest absolute Gasteiger partial charge is 0.273 e. The minimum absolute atomic E-state index is 0.202. The van der Waals surface area contributed by atoms with Crippen molar-refractivity contribution < 1.29 is 9.32 Å². The van der Waals surface area contributed by atoms with Crippen molar-refractivity contribution in [2.45, 2.75) is 12.5 Å². The molecule has 1 aliphatic rings. The Balaban J connectivity index is 1.42. The third-order valence-electron chi connectivity index (χ3n) is 4.52. The highest BCUT2D eigenvalue weighted by atomic mass is 32.1. The highest BCUT2D eigenvalue weighted by Gasteiger charge is 2.26. The highest BCUT2D eigenvalue weighted by Crippen LogP contribution is 2.27. The van der Waals surface area contributed by atoms with E-state index in [0.717, 1.165) is 18.7 Å². The van der Waals surface area contributed by atoms with E-state index in [1.165, 1.54) is 12.0 Å². The predicted octanol–water partition coefficient (Wildman–Crippen LogP) is 3.58. The van der Waals surface area contributed by atoms with Crippen molar-refractivity contribution in [2.24, 2.45) is 0 Å². The number of carbonyl (C=O) groups is 1. The maximum Gasteiger partial charge on any atom is 0.273 e. The Kier molecular flexibility index (Phi) is 4.63. The van der Waals surface area contributed by atoms with Crippen LogP contribution in [0.25, 0.3) is 11.3 Å². The Bertz CT molecular complexity index is 825. The number of hydrogen-bond donors (Lipinski definition) is 1. The molecule has 0 aliphatic carbocycles. The Morgan fingerprint density at radius 3 is 2.80 bits per heavy atom. The molecule has 0 bridgehead atoms. The first-order chi connectivity index (χ1) is 12.3. The van der Waals surface area contributed by atoms with E-state index in [1.807, 2.05) is 30.3 Å². The summed E-state index contributed by atoms with van der Waals surface area (Å²) in [6, 6.07) is 13.7. The first-order valence-electron chi connectivity index (χ1n) is 8.38. The van der Waals surface area contributed by atoms with Crippen LogP contribution in [-0.4, -0.2) is 35.6 Å². The number of aromatic nitrogens is 1. The molecule has 0 spiro atoms. The summed E-state index contributed by atoms with van der Waals surface area (Å²) < 4.78 is 5.31. The molecule has 1 atom stereocenters. The predicted molar refractivity (Wildman–Crippen MR) is 97.5 cm³/mol. The zero-order valence-corrected chi connectivity index (χ0v) is 14.5. The number of thiophene rings is 1. The van der Waals surface area contributed by atoms with E-state index in [1.54, 1.807) is 17.4 Å². The van der Waals surface area contributed by atoms with Crippen LogP contribution in [0.15, 0.2) is 57.7 Å². The van der Waals surface area contributed by atoms with Crippen molar-refractivity contribution in [3.05, 3.63) is 64.5 Å². The van der Waals surface area contributed by atoms with Crippen molar-refractivity contribution in [1.29, 1.82) is 0 Å². The zero-order chi connectivity index (χ0) is 17.1. The van der Waals surface area contributed by atoms with Gasteiger partial charge in [0.1, 0.15) is 0 Å².